The fourth-order valence-electron chi connectivity index (χ4n) is 1.31. The fourth-order valence-corrected chi connectivity index (χ4v) is 1.79. The highest BCUT2D eigenvalue weighted by atomic mass is 79.9. The summed E-state index contributed by atoms with van der Waals surface area (Å²) >= 11 is 3.28. The number of benzene rings is 1. The number of carbonyl (C=O) groups excluding carboxylic acids is 1. The summed E-state index contributed by atoms with van der Waals surface area (Å²) in [4.78, 5) is 11.4. The van der Waals surface area contributed by atoms with Gasteiger partial charge in [0.05, 0.1) is 6.61 Å². The van der Waals surface area contributed by atoms with Gasteiger partial charge in [-0.15, -0.1) is 0 Å². The lowest BCUT2D eigenvalue weighted by atomic mass is 10.1. The van der Waals surface area contributed by atoms with Crippen LogP contribution in [0.1, 0.15) is 25.0 Å². The molecule has 1 aromatic carbocycles. The predicted octanol–water partition coefficient (Wildman–Crippen LogP) is 3.93. The predicted molar refractivity (Wildman–Crippen MR) is 73.9 cm³/mol. The number of halogens is 2. The van der Waals surface area contributed by atoms with Crippen LogP contribution >= 0.6 is 15.9 Å². The Morgan fingerprint density at radius 3 is 2.83 bits per heavy atom. The Kier molecular flexibility index (Phi) is 6.05. The van der Waals surface area contributed by atoms with Crippen molar-refractivity contribution in [2.75, 3.05) is 6.61 Å². The minimum absolute atomic E-state index is 0.288. The van der Waals surface area contributed by atoms with Crippen LogP contribution in [0.3, 0.4) is 0 Å². The van der Waals surface area contributed by atoms with Crippen molar-refractivity contribution in [3.05, 3.63) is 41.2 Å². The van der Waals surface area contributed by atoms with E-state index in [1.807, 2.05) is 13.8 Å². The maximum atomic E-state index is 13.0. The number of alkyl halides is 1. The second-order valence-corrected chi connectivity index (χ2v) is 4.89. The molecule has 4 heteroatoms. The molecule has 18 heavy (non-hydrogen) atoms. The quantitative estimate of drug-likeness (QED) is 0.467. The van der Waals surface area contributed by atoms with Crippen LogP contribution in [0, 0.1) is 11.7 Å². The monoisotopic (exact) mass is 314 g/mol. The number of hydrogen-bond donors (Lipinski definition) is 0. The van der Waals surface area contributed by atoms with Crippen molar-refractivity contribution < 1.29 is 13.9 Å². The summed E-state index contributed by atoms with van der Waals surface area (Å²) in [6, 6.07) is 4.44. The number of hydrogen-bond acceptors (Lipinski definition) is 2. The fraction of sp³-hybridized carbons (Fsp3) is 0.357. The summed E-state index contributed by atoms with van der Waals surface area (Å²) in [6.45, 7) is 4.34. The van der Waals surface area contributed by atoms with E-state index in [1.54, 1.807) is 12.1 Å². The molecule has 0 saturated heterocycles. The van der Waals surface area contributed by atoms with Gasteiger partial charge in [-0.3, -0.25) is 0 Å². The highest BCUT2D eigenvalue weighted by Gasteiger charge is 2.03. The van der Waals surface area contributed by atoms with Crippen molar-refractivity contribution in [2.45, 2.75) is 19.2 Å². The molecule has 0 fully saturated rings. The number of carbonyl (C=O) groups is 1. The first-order valence-corrected chi connectivity index (χ1v) is 6.84. The Balaban J connectivity index is 2.69. The molecule has 0 saturated carbocycles. The minimum atomic E-state index is -0.381. The van der Waals surface area contributed by atoms with Gasteiger partial charge < -0.3 is 4.74 Å². The summed E-state index contributed by atoms with van der Waals surface area (Å²) in [5.74, 6) is -0.358. The highest BCUT2D eigenvalue weighted by molar-refractivity contribution is 9.08. The smallest absolute Gasteiger partial charge is 0.330 e. The standard InChI is InChI=1S/C14H16BrFO2/c1-10(2)9-18-14(17)6-4-11-3-5-13(16)7-12(11)8-15/h3-7,10H,8-9H2,1-2H3/b6-4+. The van der Waals surface area contributed by atoms with Gasteiger partial charge in [0.2, 0.25) is 0 Å². The number of rotatable bonds is 5. The molecule has 0 N–H and O–H groups in total. The number of esters is 1. The van der Waals surface area contributed by atoms with Crippen LogP contribution in [-0.4, -0.2) is 12.6 Å². The molecule has 1 rings (SSSR count). The van der Waals surface area contributed by atoms with E-state index in [9.17, 15) is 9.18 Å². The summed E-state index contributed by atoms with van der Waals surface area (Å²) < 4.78 is 18.0. The van der Waals surface area contributed by atoms with Crippen LogP contribution in [0.2, 0.25) is 0 Å². The lowest BCUT2D eigenvalue weighted by molar-refractivity contribution is -0.138. The van der Waals surface area contributed by atoms with Crippen molar-refractivity contribution in [3.8, 4) is 0 Å². The SMILES string of the molecule is CC(C)COC(=O)/C=C/c1ccc(F)cc1CBr. The molecule has 0 unspecified atom stereocenters. The van der Waals surface area contributed by atoms with Crippen LogP contribution in [-0.2, 0) is 14.9 Å². The summed E-state index contributed by atoms with van der Waals surface area (Å²) in [5, 5.41) is 0.533. The van der Waals surface area contributed by atoms with Gasteiger partial charge in [0.25, 0.3) is 0 Å². The molecule has 0 bridgehead atoms. The van der Waals surface area contributed by atoms with E-state index in [0.717, 1.165) is 11.1 Å². The van der Waals surface area contributed by atoms with Gasteiger partial charge in [0, 0.05) is 11.4 Å². The van der Waals surface area contributed by atoms with Crippen molar-refractivity contribution >= 4 is 28.0 Å². The molecular weight excluding hydrogens is 299 g/mol. The van der Waals surface area contributed by atoms with E-state index in [2.05, 4.69) is 15.9 Å². The first-order chi connectivity index (χ1) is 8.52. The first-order valence-electron chi connectivity index (χ1n) is 5.72. The largest absolute Gasteiger partial charge is 0.462 e. The Labute approximate surface area is 115 Å². The molecule has 0 aliphatic carbocycles. The maximum Gasteiger partial charge on any atom is 0.330 e. The van der Waals surface area contributed by atoms with E-state index in [1.165, 1.54) is 18.2 Å². The molecule has 2 nitrogen and oxygen atoms in total. The zero-order chi connectivity index (χ0) is 13.5. The van der Waals surface area contributed by atoms with E-state index < -0.39 is 0 Å². The van der Waals surface area contributed by atoms with Crippen molar-refractivity contribution in [1.82, 2.24) is 0 Å². The van der Waals surface area contributed by atoms with Crippen LogP contribution in [0.15, 0.2) is 24.3 Å². The van der Waals surface area contributed by atoms with Crippen molar-refractivity contribution in [3.63, 3.8) is 0 Å². The van der Waals surface area contributed by atoms with Gasteiger partial charge in [0.15, 0.2) is 0 Å². The Morgan fingerprint density at radius 1 is 1.50 bits per heavy atom. The molecule has 0 aromatic heterocycles. The van der Waals surface area contributed by atoms with Crippen LogP contribution in [0.25, 0.3) is 6.08 Å². The lowest BCUT2D eigenvalue weighted by Crippen LogP contribution is -2.07. The molecule has 1 aromatic rings. The van der Waals surface area contributed by atoms with Gasteiger partial charge in [0.1, 0.15) is 5.82 Å². The van der Waals surface area contributed by atoms with Gasteiger partial charge in [-0.2, -0.15) is 0 Å². The third kappa shape index (κ3) is 5.00. The zero-order valence-corrected chi connectivity index (χ0v) is 12.0. The summed E-state index contributed by atoms with van der Waals surface area (Å²) in [7, 11) is 0. The van der Waals surface area contributed by atoms with E-state index >= 15 is 0 Å². The highest BCUT2D eigenvalue weighted by Crippen LogP contribution is 2.16. The Bertz CT molecular complexity index is 441. The van der Waals surface area contributed by atoms with Gasteiger partial charge >= 0.3 is 5.97 Å². The summed E-state index contributed by atoms with van der Waals surface area (Å²) in [6.07, 6.45) is 3.00. The lowest BCUT2D eigenvalue weighted by Gasteiger charge is -2.05. The molecule has 0 amide bonds. The average molecular weight is 315 g/mol. The molecule has 0 aliphatic rings. The molecule has 0 radical (unpaired) electrons. The van der Waals surface area contributed by atoms with Crippen LogP contribution in [0.5, 0.6) is 0 Å². The van der Waals surface area contributed by atoms with E-state index in [0.29, 0.717) is 17.9 Å². The van der Waals surface area contributed by atoms with Crippen LogP contribution < -0.4 is 0 Å². The Hall–Kier alpha value is -1.16. The van der Waals surface area contributed by atoms with Crippen molar-refractivity contribution in [1.29, 1.82) is 0 Å². The molecular formula is C14H16BrFO2. The van der Waals surface area contributed by atoms with Crippen molar-refractivity contribution in [2.24, 2.45) is 5.92 Å². The molecule has 0 heterocycles. The van der Waals surface area contributed by atoms with E-state index in [4.69, 9.17) is 4.74 Å². The molecule has 0 spiro atoms. The van der Waals surface area contributed by atoms with Gasteiger partial charge in [-0.1, -0.05) is 35.8 Å². The topological polar surface area (TPSA) is 26.3 Å². The third-order valence-electron chi connectivity index (χ3n) is 2.21. The molecule has 98 valence electrons. The minimum Gasteiger partial charge on any atom is -0.462 e. The summed E-state index contributed by atoms with van der Waals surface area (Å²) in [5.41, 5.74) is 1.60. The molecule has 0 atom stereocenters. The normalized spacial score (nSPS) is 11.2. The van der Waals surface area contributed by atoms with Gasteiger partial charge in [-0.25, -0.2) is 9.18 Å². The van der Waals surface area contributed by atoms with Gasteiger partial charge in [-0.05, 0) is 35.3 Å². The first kappa shape index (κ1) is 14.9. The number of ether oxygens (including phenoxy) is 1. The second-order valence-electron chi connectivity index (χ2n) is 4.33. The maximum absolute atomic E-state index is 13.0. The zero-order valence-electron chi connectivity index (χ0n) is 10.5. The Morgan fingerprint density at radius 2 is 2.22 bits per heavy atom. The molecule has 0 aliphatic heterocycles. The van der Waals surface area contributed by atoms with Crippen LogP contribution in [0.4, 0.5) is 4.39 Å². The third-order valence-corrected chi connectivity index (χ3v) is 2.81. The second kappa shape index (κ2) is 7.31. The van der Waals surface area contributed by atoms with E-state index in [-0.39, 0.29) is 11.8 Å². The average Bonchev–Trinajstić information content (AvgIpc) is 2.34.